The standard InChI is InChI=1S/C21H19N3O/c1-15-14-17(12-13-19(15)22-18-10-6-3-7-11-18)21-23-20(24-25-21)16-8-4-2-5-9-16/h2-14,20,22,24H,1H3. The highest BCUT2D eigenvalue weighted by atomic mass is 16.7. The van der Waals surface area contributed by atoms with Crippen molar-refractivity contribution in [1.29, 1.82) is 0 Å². The smallest absolute Gasteiger partial charge is 0.242 e. The van der Waals surface area contributed by atoms with E-state index < -0.39 is 0 Å². The molecule has 0 amide bonds. The third-order valence-corrected chi connectivity index (χ3v) is 4.16. The number of nitrogens with one attached hydrogen (secondary N) is 2. The maximum Gasteiger partial charge on any atom is 0.242 e. The molecule has 0 saturated carbocycles. The molecule has 1 aliphatic rings. The van der Waals surface area contributed by atoms with Gasteiger partial charge < -0.3 is 10.2 Å². The minimum absolute atomic E-state index is 0.168. The van der Waals surface area contributed by atoms with E-state index in [1.807, 2.05) is 66.7 Å². The van der Waals surface area contributed by atoms with Crippen molar-refractivity contribution in [3.05, 3.63) is 95.6 Å². The number of aryl methyl sites for hydroxylation is 1. The molecule has 124 valence electrons. The first-order valence-corrected chi connectivity index (χ1v) is 8.28. The van der Waals surface area contributed by atoms with Gasteiger partial charge in [-0.05, 0) is 48.4 Å². The zero-order valence-electron chi connectivity index (χ0n) is 13.9. The van der Waals surface area contributed by atoms with Gasteiger partial charge in [0.05, 0.1) is 0 Å². The van der Waals surface area contributed by atoms with Gasteiger partial charge in [-0.25, -0.2) is 4.99 Å². The Morgan fingerprint density at radius 2 is 1.64 bits per heavy atom. The van der Waals surface area contributed by atoms with Gasteiger partial charge >= 0.3 is 0 Å². The second kappa shape index (κ2) is 6.79. The van der Waals surface area contributed by atoms with E-state index in [0.717, 1.165) is 28.1 Å². The van der Waals surface area contributed by atoms with Crippen LogP contribution in [0.1, 0.15) is 22.9 Å². The van der Waals surface area contributed by atoms with Crippen LogP contribution in [0.2, 0.25) is 0 Å². The van der Waals surface area contributed by atoms with Gasteiger partial charge in [0.1, 0.15) is 0 Å². The topological polar surface area (TPSA) is 45.7 Å². The average Bonchev–Trinajstić information content (AvgIpc) is 3.15. The fourth-order valence-electron chi connectivity index (χ4n) is 2.81. The number of anilines is 2. The lowest BCUT2D eigenvalue weighted by Gasteiger charge is -2.11. The molecule has 0 fully saturated rings. The van der Waals surface area contributed by atoms with Crippen LogP contribution >= 0.6 is 0 Å². The normalized spacial score (nSPS) is 16.2. The number of hydroxylamine groups is 1. The van der Waals surface area contributed by atoms with Gasteiger partial charge in [0.2, 0.25) is 5.90 Å². The maximum atomic E-state index is 5.60. The molecular weight excluding hydrogens is 310 g/mol. The van der Waals surface area contributed by atoms with Crippen molar-refractivity contribution in [1.82, 2.24) is 5.48 Å². The molecular formula is C21H19N3O. The van der Waals surface area contributed by atoms with Crippen molar-refractivity contribution in [3.8, 4) is 0 Å². The maximum absolute atomic E-state index is 5.60. The molecule has 0 radical (unpaired) electrons. The molecule has 4 nitrogen and oxygen atoms in total. The van der Waals surface area contributed by atoms with Crippen LogP contribution < -0.4 is 10.8 Å². The van der Waals surface area contributed by atoms with E-state index in [9.17, 15) is 0 Å². The molecule has 0 aromatic heterocycles. The number of rotatable bonds is 4. The summed E-state index contributed by atoms with van der Waals surface area (Å²) in [5.74, 6) is 0.614. The Kier molecular flexibility index (Phi) is 4.19. The molecule has 2 N–H and O–H groups in total. The van der Waals surface area contributed by atoms with Crippen LogP contribution in [0.5, 0.6) is 0 Å². The number of benzene rings is 3. The Balaban J connectivity index is 1.55. The largest absolute Gasteiger partial charge is 0.386 e. The summed E-state index contributed by atoms with van der Waals surface area (Å²) < 4.78 is 0. The molecule has 3 aromatic carbocycles. The number of para-hydroxylation sites is 1. The Bertz CT molecular complexity index is 892. The summed E-state index contributed by atoms with van der Waals surface area (Å²) in [5, 5.41) is 3.43. The van der Waals surface area contributed by atoms with E-state index in [4.69, 9.17) is 4.84 Å². The number of hydrogen-bond donors (Lipinski definition) is 2. The monoisotopic (exact) mass is 329 g/mol. The first-order chi connectivity index (χ1) is 12.3. The fraction of sp³-hybridized carbons (Fsp3) is 0.0952. The Hall–Kier alpha value is -3.11. The number of hydrogen-bond acceptors (Lipinski definition) is 4. The van der Waals surface area contributed by atoms with Crippen LogP contribution in [0.25, 0.3) is 0 Å². The average molecular weight is 329 g/mol. The van der Waals surface area contributed by atoms with Crippen LogP contribution in [0.15, 0.2) is 83.9 Å². The van der Waals surface area contributed by atoms with Crippen LogP contribution in [0.3, 0.4) is 0 Å². The second-order valence-corrected chi connectivity index (χ2v) is 5.99. The lowest BCUT2D eigenvalue weighted by molar-refractivity contribution is 0.180. The molecule has 25 heavy (non-hydrogen) atoms. The Morgan fingerprint density at radius 3 is 2.36 bits per heavy atom. The first-order valence-electron chi connectivity index (χ1n) is 8.28. The molecule has 0 saturated heterocycles. The van der Waals surface area contributed by atoms with Crippen LogP contribution in [0, 0.1) is 6.92 Å². The van der Waals surface area contributed by atoms with Crippen molar-refractivity contribution in [2.75, 3.05) is 5.32 Å². The predicted molar refractivity (Wildman–Crippen MR) is 101 cm³/mol. The third kappa shape index (κ3) is 3.39. The Morgan fingerprint density at radius 1 is 0.920 bits per heavy atom. The first kappa shape index (κ1) is 15.4. The van der Waals surface area contributed by atoms with Crippen molar-refractivity contribution >= 4 is 17.3 Å². The molecule has 0 aliphatic carbocycles. The minimum Gasteiger partial charge on any atom is -0.386 e. The highest BCUT2D eigenvalue weighted by molar-refractivity contribution is 5.95. The van der Waals surface area contributed by atoms with E-state index in [-0.39, 0.29) is 6.17 Å². The summed E-state index contributed by atoms with van der Waals surface area (Å²) in [4.78, 5) is 10.2. The molecule has 0 spiro atoms. The van der Waals surface area contributed by atoms with Gasteiger partial charge in [-0.2, -0.15) is 0 Å². The molecule has 1 heterocycles. The summed E-state index contributed by atoms with van der Waals surface area (Å²) in [5.41, 5.74) is 8.29. The van der Waals surface area contributed by atoms with Crippen molar-refractivity contribution < 1.29 is 4.84 Å². The van der Waals surface area contributed by atoms with Crippen LogP contribution in [0.4, 0.5) is 11.4 Å². The van der Waals surface area contributed by atoms with Crippen molar-refractivity contribution in [3.63, 3.8) is 0 Å². The highest BCUT2D eigenvalue weighted by Gasteiger charge is 2.21. The van der Waals surface area contributed by atoms with Gasteiger partial charge in [-0.15, -0.1) is 5.48 Å². The van der Waals surface area contributed by atoms with Crippen molar-refractivity contribution in [2.45, 2.75) is 13.1 Å². The zero-order chi connectivity index (χ0) is 17.1. The molecule has 1 unspecified atom stereocenters. The fourth-order valence-corrected chi connectivity index (χ4v) is 2.81. The van der Waals surface area contributed by atoms with E-state index in [1.54, 1.807) is 0 Å². The number of aliphatic imine (C=N–C) groups is 1. The highest BCUT2D eigenvalue weighted by Crippen LogP contribution is 2.25. The Labute approximate surface area is 147 Å². The second-order valence-electron chi connectivity index (χ2n) is 5.99. The third-order valence-electron chi connectivity index (χ3n) is 4.16. The van der Waals surface area contributed by atoms with Gasteiger partial charge in [-0.1, -0.05) is 48.5 Å². The van der Waals surface area contributed by atoms with E-state index in [2.05, 4.69) is 34.8 Å². The summed E-state index contributed by atoms with van der Waals surface area (Å²) in [7, 11) is 0. The van der Waals surface area contributed by atoms with Gasteiger partial charge in [0.15, 0.2) is 6.17 Å². The van der Waals surface area contributed by atoms with Gasteiger partial charge in [0.25, 0.3) is 0 Å². The number of nitrogens with zero attached hydrogens (tertiary/aromatic N) is 1. The van der Waals surface area contributed by atoms with E-state index in [1.165, 1.54) is 0 Å². The summed E-state index contributed by atoms with van der Waals surface area (Å²) in [6, 6.07) is 26.3. The lowest BCUT2D eigenvalue weighted by atomic mass is 10.1. The van der Waals surface area contributed by atoms with E-state index in [0.29, 0.717) is 5.90 Å². The molecule has 4 heteroatoms. The molecule has 1 aliphatic heterocycles. The summed E-state index contributed by atoms with van der Waals surface area (Å²) in [6.07, 6.45) is -0.168. The molecule has 4 rings (SSSR count). The molecule has 3 aromatic rings. The summed E-state index contributed by atoms with van der Waals surface area (Å²) in [6.45, 7) is 2.08. The quantitative estimate of drug-likeness (QED) is 0.728. The lowest BCUT2D eigenvalue weighted by Crippen LogP contribution is -2.14. The van der Waals surface area contributed by atoms with Crippen molar-refractivity contribution in [2.24, 2.45) is 4.99 Å². The van der Waals surface area contributed by atoms with Gasteiger partial charge in [-0.3, -0.25) is 0 Å². The van der Waals surface area contributed by atoms with Crippen LogP contribution in [-0.4, -0.2) is 5.90 Å². The zero-order valence-corrected chi connectivity index (χ0v) is 13.9. The van der Waals surface area contributed by atoms with Crippen LogP contribution in [-0.2, 0) is 4.84 Å². The SMILES string of the molecule is Cc1cc(C2=NC(c3ccccc3)NO2)ccc1Nc1ccccc1. The predicted octanol–water partition coefficient (Wildman–Crippen LogP) is 4.72. The molecule has 0 bridgehead atoms. The minimum atomic E-state index is -0.168. The summed E-state index contributed by atoms with van der Waals surface area (Å²) >= 11 is 0. The van der Waals surface area contributed by atoms with Gasteiger partial charge in [0, 0.05) is 16.9 Å². The molecule has 1 atom stereocenters. The van der Waals surface area contributed by atoms with E-state index >= 15 is 0 Å².